The molecule has 0 aliphatic carbocycles. The third-order valence-corrected chi connectivity index (χ3v) is 10.6. The van der Waals surface area contributed by atoms with E-state index < -0.39 is 8.32 Å². The van der Waals surface area contributed by atoms with Crippen LogP contribution < -0.4 is 0 Å². The summed E-state index contributed by atoms with van der Waals surface area (Å²) in [4.78, 5) is 23.1. The van der Waals surface area contributed by atoms with Crippen LogP contribution in [-0.2, 0) is 28.2 Å². The lowest BCUT2D eigenvalue weighted by atomic mass is 9.98. The second-order valence-electron chi connectivity index (χ2n) is 10.00. The van der Waals surface area contributed by atoms with Gasteiger partial charge < -0.3 is 18.6 Å². The molecule has 1 aliphatic heterocycles. The Morgan fingerprint density at radius 1 is 1.23 bits per heavy atom. The Hall–Kier alpha value is -1.18. The van der Waals surface area contributed by atoms with Crippen molar-refractivity contribution >= 4 is 20.3 Å². The second kappa shape index (κ2) is 12.8. The molecule has 1 fully saturated rings. The first-order valence-corrected chi connectivity index (χ1v) is 14.6. The summed E-state index contributed by atoms with van der Waals surface area (Å²) in [5.74, 6) is -0.471. The van der Waals surface area contributed by atoms with Gasteiger partial charge in [0.1, 0.15) is 0 Å². The standard InChI is InChI=1S/C24H44O6Si/c1-9-27-23(26)17-22-21(30-31(7,8)24(4,5)6)16-15-20(29-22)14-12-10-11-13-18(2)28-19(3)25/h12,14,18,20-22H,9-11,13,15-17H2,1-8H3/b14-12+/t18-,20-,21+,22-/m1/s1. The van der Waals surface area contributed by atoms with Gasteiger partial charge >= 0.3 is 11.9 Å². The molecule has 0 spiro atoms. The monoisotopic (exact) mass is 456 g/mol. The summed E-state index contributed by atoms with van der Waals surface area (Å²) < 4.78 is 23.2. The third-order valence-electron chi connectivity index (χ3n) is 6.12. The van der Waals surface area contributed by atoms with Crippen molar-refractivity contribution in [1.29, 1.82) is 0 Å². The molecule has 0 bridgehead atoms. The second-order valence-corrected chi connectivity index (χ2v) is 14.8. The van der Waals surface area contributed by atoms with Crippen LogP contribution in [0.25, 0.3) is 0 Å². The van der Waals surface area contributed by atoms with Gasteiger partial charge in [-0.1, -0.05) is 32.9 Å². The van der Waals surface area contributed by atoms with Gasteiger partial charge in [-0.25, -0.2) is 0 Å². The zero-order chi connectivity index (χ0) is 23.7. The highest BCUT2D eigenvalue weighted by Crippen LogP contribution is 2.39. The van der Waals surface area contributed by atoms with Gasteiger partial charge in [-0.15, -0.1) is 0 Å². The number of hydrogen-bond donors (Lipinski definition) is 0. The topological polar surface area (TPSA) is 71.1 Å². The Kier molecular flexibility index (Phi) is 11.5. The normalized spacial score (nSPS) is 23.5. The molecular formula is C24H44O6Si. The molecule has 4 atom stereocenters. The summed E-state index contributed by atoms with van der Waals surface area (Å²) >= 11 is 0. The van der Waals surface area contributed by atoms with Gasteiger partial charge in [0.15, 0.2) is 8.32 Å². The average Bonchev–Trinajstić information content (AvgIpc) is 2.62. The minimum atomic E-state index is -1.97. The Morgan fingerprint density at radius 3 is 2.48 bits per heavy atom. The van der Waals surface area contributed by atoms with Gasteiger partial charge in [-0.05, 0) is 64.1 Å². The molecule has 0 unspecified atom stereocenters. The SMILES string of the molecule is CCOC(=O)C[C@H]1O[C@H](/C=C/CCC[C@@H](C)OC(C)=O)CC[C@@H]1O[Si](C)(C)C(C)(C)C. The number of rotatable bonds is 11. The molecule has 1 heterocycles. The maximum absolute atomic E-state index is 12.2. The lowest BCUT2D eigenvalue weighted by Gasteiger charge is -2.44. The van der Waals surface area contributed by atoms with Crippen molar-refractivity contribution in [3.8, 4) is 0 Å². The van der Waals surface area contributed by atoms with Crippen molar-refractivity contribution in [2.24, 2.45) is 0 Å². The highest BCUT2D eigenvalue weighted by atomic mass is 28.4. The fourth-order valence-corrected chi connectivity index (χ4v) is 4.78. The predicted octanol–water partition coefficient (Wildman–Crippen LogP) is 5.56. The number of unbranched alkanes of at least 4 members (excludes halogenated alkanes) is 1. The van der Waals surface area contributed by atoms with Crippen LogP contribution in [0.3, 0.4) is 0 Å². The molecule has 31 heavy (non-hydrogen) atoms. The molecule has 0 aromatic carbocycles. The molecule has 0 radical (unpaired) electrons. The fourth-order valence-electron chi connectivity index (χ4n) is 3.40. The van der Waals surface area contributed by atoms with Gasteiger partial charge in [-0.2, -0.15) is 0 Å². The van der Waals surface area contributed by atoms with E-state index in [0.29, 0.717) is 6.61 Å². The van der Waals surface area contributed by atoms with Crippen LogP contribution in [0.1, 0.15) is 80.1 Å². The number of allylic oxidation sites excluding steroid dienone is 1. The minimum Gasteiger partial charge on any atom is -0.466 e. The van der Waals surface area contributed by atoms with Crippen molar-refractivity contribution in [1.82, 2.24) is 0 Å². The van der Waals surface area contributed by atoms with Crippen molar-refractivity contribution in [2.75, 3.05) is 6.61 Å². The van der Waals surface area contributed by atoms with E-state index >= 15 is 0 Å². The van der Waals surface area contributed by atoms with Crippen LogP contribution in [0.2, 0.25) is 18.1 Å². The summed E-state index contributed by atoms with van der Waals surface area (Å²) in [5, 5.41) is 0.0987. The molecule has 180 valence electrons. The van der Waals surface area contributed by atoms with E-state index in [1.54, 1.807) is 0 Å². The van der Waals surface area contributed by atoms with Crippen LogP contribution in [-0.4, -0.2) is 51.3 Å². The Bertz CT molecular complexity index is 595. The van der Waals surface area contributed by atoms with E-state index in [2.05, 4.69) is 46.0 Å². The molecule has 0 amide bonds. The lowest BCUT2D eigenvalue weighted by molar-refractivity contribution is -0.154. The van der Waals surface area contributed by atoms with Crippen LogP contribution in [0.5, 0.6) is 0 Å². The van der Waals surface area contributed by atoms with Crippen molar-refractivity contribution in [3.05, 3.63) is 12.2 Å². The van der Waals surface area contributed by atoms with Gasteiger partial charge in [0.2, 0.25) is 0 Å². The van der Waals surface area contributed by atoms with Crippen molar-refractivity contribution in [2.45, 2.75) is 123 Å². The van der Waals surface area contributed by atoms with Crippen LogP contribution in [0.4, 0.5) is 0 Å². The first-order chi connectivity index (χ1) is 14.4. The van der Waals surface area contributed by atoms with Crippen molar-refractivity contribution in [3.63, 3.8) is 0 Å². The number of ether oxygens (including phenoxy) is 3. The molecule has 7 heteroatoms. The first kappa shape index (κ1) is 27.9. The Balaban J connectivity index is 2.66. The van der Waals surface area contributed by atoms with E-state index in [1.807, 2.05) is 13.8 Å². The average molecular weight is 457 g/mol. The molecule has 6 nitrogen and oxygen atoms in total. The molecule has 1 rings (SSSR count). The van der Waals surface area contributed by atoms with E-state index in [4.69, 9.17) is 18.6 Å². The van der Waals surface area contributed by atoms with Crippen molar-refractivity contribution < 1.29 is 28.2 Å². The maximum Gasteiger partial charge on any atom is 0.308 e. The van der Waals surface area contributed by atoms with Gasteiger partial charge in [0, 0.05) is 6.92 Å². The summed E-state index contributed by atoms with van der Waals surface area (Å²) in [7, 11) is -1.97. The minimum absolute atomic E-state index is 0.0235. The van der Waals surface area contributed by atoms with E-state index in [0.717, 1.165) is 32.1 Å². The number of carbonyl (C=O) groups is 2. The fraction of sp³-hybridized carbons (Fsp3) is 0.833. The Morgan fingerprint density at radius 2 is 1.90 bits per heavy atom. The zero-order valence-electron chi connectivity index (χ0n) is 20.9. The molecule has 1 saturated heterocycles. The van der Waals surface area contributed by atoms with E-state index in [9.17, 15) is 9.59 Å². The summed E-state index contributed by atoms with van der Waals surface area (Å²) in [5.41, 5.74) is 0. The summed E-state index contributed by atoms with van der Waals surface area (Å²) in [6, 6.07) is 0. The van der Waals surface area contributed by atoms with E-state index in [-0.39, 0.29) is 47.8 Å². The quantitative estimate of drug-likeness (QED) is 0.175. The number of carbonyl (C=O) groups excluding carboxylic acids is 2. The maximum atomic E-state index is 12.2. The molecule has 0 aromatic rings. The van der Waals surface area contributed by atoms with Gasteiger partial charge in [0.05, 0.1) is 37.4 Å². The van der Waals surface area contributed by atoms with Gasteiger partial charge in [0.25, 0.3) is 0 Å². The number of hydrogen-bond acceptors (Lipinski definition) is 6. The Labute approximate surface area is 190 Å². The lowest BCUT2D eigenvalue weighted by Crippen LogP contribution is -2.50. The van der Waals surface area contributed by atoms with Crippen LogP contribution in [0, 0.1) is 0 Å². The van der Waals surface area contributed by atoms with E-state index in [1.165, 1.54) is 6.92 Å². The largest absolute Gasteiger partial charge is 0.466 e. The molecule has 0 N–H and O–H groups in total. The molecule has 0 saturated carbocycles. The summed E-state index contributed by atoms with van der Waals surface area (Å²) in [6.07, 6.45) is 8.41. The predicted molar refractivity (Wildman–Crippen MR) is 125 cm³/mol. The third kappa shape index (κ3) is 10.3. The molecule has 0 aromatic heterocycles. The highest BCUT2D eigenvalue weighted by Gasteiger charge is 2.43. The molecular weight excluding hydrogens is 412 g/mol. The highest BCUT2D eigenvalue weighted by molar-refractivity contribution is 6.74. The first-order valence-electron chi connectivity index (χ1n) is 11.7. The molecule has 1 aliphatic rings. The summed E-state index contributed by atoms with van der Waals surface area (Å²) in [6.45, 7) is 16.7. The van der Waals surface area contributed by atoms with Gasteiger partial charge in [-0.3, -0.25) is 9.59 Å². The zero-order valence-corrected chi connectivity index (χ0v) is 21.9. The number of esters is 2. The van der Waals surface area contributed by atoms with Crippen LogP contribution in [0.15, 0.2) is 12.2 Å². The smallest absolute Gasteiger partial charge is 0.308 e. The van der Waals surface area contributed by atoms with Crippen LogP contribution >= 0.6 is 0 Å².